The molecule has 1 aromatic rings. The molecule has 0 atom stereocenters. The molecule has 0 amide bonds. The topological polar surface area (TPSA) is 38.3 Å². The summed E-state index contributed by atoms with van der Waals surface area (Å²) in [5.41, 5.74) is 3.02. The minimum atomic E-state index is -0.209. The Morgan fingerprint density at radius 1 is 1.47 bits per heavy atom. The average molecular weight is 233 g/mol. The van der Waals surface area contributed by atoms with Crippen molar-refractivity contribution in [3.63, 3.8) is 0 Å². The molecule has 0 bridgehead atoms. The van der Waals surface area contributed by atoms with E-state index >= 15 is 0 Å². The van der Waals surface area contributed by atoms with E-state index in [1.807, 2.05) is 19.1 Å². The Morgan fingerprint density at radius 2 is 2.24 bits per heavy atom. The van der Waals surface area contributed by atoms with Gasteiger partial charge in [0.1, 0.15) is 0 Å². The normalized spacial score (nSPS) is 17.4. The number of benzene rings is 1. The smallest absolute Gasteiger partial charge is 0.338 e. The van der Waals surface area contributed by atoms with E-state index in [4.69, 9.17) is 4.74 Å². The van der Waals surface area contributed by atoms with Gasteiger partial charge in [0.2, 0.25) is 0 Å². The fourth-order valence-corrected chi connectivity index (χ4v) is 2.52. The van der Waals surface area contributed by atoms with Gasteiger partial charge in [0, 0.05) is 18.5 Å². The second-order valence-electron chi connectivity index (χ2n) is 5.05. The third-order valence-electron chi connectivity index (χ3n) is 3.21. The molecule has 1 aromatic carbocycles. The summed E-state index contributed by atoms with van der Waals surface area (Å²) < 4.78 is 5.13. The fourth-order valence-electron chi connectivity index (χ4n) is 2.52. The Hall–Kier alpha value is -1.35. The number of rotatable bonds is 2. The van der Waals surface area contributed by atoms with Crippen LogP contribution in [-0.2, 0) is 16.7 Å². The zero-order valence-electron chi connectivity index (χ0n) is 10.7. The first-order valence-corrected chi connectivity index (χ1v) is 6.06. The molecular formula is C14H19NO2. The van der Waals surface area contributed by atoms with Crippen molar-refractivity contribution in [1.29, 1.82) is 0 Å². The molecule has 0 saturated heterocycles. The highest BCUT2D eigenvalue weighted by atomic mass is 16.5. The molecule has 1 N–H and O–H groups in total. The molecule has 2 rings (SSSR count). The van der Waals surface area contributed by atoms with Gasteiger partial charge in [-0.3, -0.25) is 0 Å². The van der Waals surface area contributed by atoms with Crippen LogP contribution in [0.4, 0.5) is 0 Å². The molecule has 0 radical (unpaired) electrons. The van der Waals surface area contributed by atoms with E-state index in [2.05, 4.69) is 25.2 Å². The van der Waals surface area contributed by atoms with Crippen LogP contribution in [-0.4, -0.2) is 19.1 Å². The van der Waals surface area contributed by atoms with Crippen molar-refractivity contribution in [2.24, 2.45) is 0 Å². The fraction of sp³-hybridized carbons (Fsp3) is 0.500. The summed E-state index contributed by atoms with van der Waals surface area (Å²) in [5.74, 6) is -0.209. The van der Waals surface area contributed by atoms with E-state index in [-0.39, 0.29) is 11.4 Å². The lowest BCUT2D eigenvalue weighted by Crippen LogP contribution is -2.40. The number of ether oxygens (including phenoxy) is 1. The van der Waals surface area contributed by atoms with Crippen molar-refractivity contribution < 1.29 is 9.53 Å². The Kier molecular flexibility index (Phi) is 3.20. The zero-order chi connectivity index (χ0) is 12.5. The Balaban J connectivity index is 2.51. The molecule has 0 aromatic heterocycles. The zero-order valence-corrected chi connectivity index (χ0v) is 10.7. The van der Waals surface area contributed by atoms with Crippen molar-refractivity contribution >= 4 is 5.97 Å². The van der Waals surface area contributed by atoms with Crippen LogP contribution in [0.3, 0.4) is 0 Å². The minimum absolute atomic E-state index is 0.0308. The second kappa shape index (κ2) is 4.49. The standard InChI is InChI=1S/C14H19NO2/c1-4-17-13(16)11-7-5-6-10-8-15-9-14(2,3)12(10)11/h5-7,15H,4,8-9H2,1-3H3. The second-order valence-corrected chi connectivity index (χ2v) is 5.05. The lowest BCUT2D eigenvalue weighted by atomic mass is 9.76. The van der Waals surface area contributed by atoms with Gasteiger partial charge in [-0.1, -0.05) is 26.0 Å². The lowest BCUT2D eigenvalue weighted by molar-refractivity contribution is 0.0522. The number of esters is 1. The van der Waals surface area contributed by atoms with Crippen LogP contribution in [0.1, 0.15) is 42.3 Å². The van der Waals surface area contributed by atoms with Crippen molar-refractivity contribution in [3.8, 4) is 0 Å². The molecule has 17 heavy (non-hydrogen) atoms. The SMILES string of the molecule is CCOC(=O)c1cccc2c1C(C)(C)CNC2. The lowest BCUT2D eigenvalue weighted by Gasteiger charge is -2.34. The number of fused-ring (bicyclic) bond motifs is 1. The van der Waals surface area contributed by atoms with Crippen LogP contribution in [0.15, 0.2) is 18.2 Å². The van der Waals surface area contributed by atoms with Gasteiger partial charge in [0.05, 0.1) is 12.2 Å². The van der Waals surface area contributed by atoms with Crippen LogP contribution in [0.2, 0.25) is 0 Å². The first-order valence-electron chi connectivity index (χ1n) is 6.06. The quantitative estimate of drug-likeness (QED) is 0.796. The summed E-state index contributed by atoms with van der Waals surface area (Å²) in [4.78, 5) is 12.0. The third-order valence-corrected chi connectivity index (χ3v) is 3.21. The van der Waals surface area contributed by atoms with Crippen molar-refractivity contribution in [2.45, 2.75) is 32.7 Å². The van der Waals surface area contributed by atoms with E-state index in [1.165, 1.54) is 5.56 Å². The molecule has 0 saturated carbocycles. The van der Waals surface area contributed by atoms with Gasteiger partial charge in [0.25, 0.3) is 0 Å². The highest BCUT2D eigenvalue weighted by Gasteiger charge is 2.31. The van der Waals surface area contributed by atoms with Gasteiger partial charge in [-0.25, -0.2) is 4.79 Å². The van der Waals surface area contributed by atoms with Crippen LogP contribution in [0.25, 0.3) is 0 Å². The van der Waals surface area contributed by atoms with Crippen LogP contribution in [0, 0.1) is 0 Å². The van der Waals surface area contributed by atoms with Crippen LogP contribution >= 0.6 is 0 Å². The molecule has 1 aliphatic heterocycles. The first-order chi connectivity index (χ1) is 8.06. The highest BCUT2D eigenvalue weighted by Crippen LogP contribution is 2.32. The molecule has 3 nitrogen and oxygen atoms in total. The Morgan fingerprint density at radius 3 is 2.94 bits per heavy atom. The van der Waals surface area contributed by atoms with Gasteiger partial charge < -0.3 is 10.1 Å². The van der Waals surface area contributed by atoms with Crippen LogP contribution in [0.5, 0.6) is 0 Å². The Bertz CT molecular complexity index is 438. The van der Waals surface area contributed by atoms with E-state index in [9.17, 15) is 4.79 Å². The minimum Gasteiger partial charge on any atom is -0.462 e. The summed E-state index contributed by atoms with van der Waals surface area (Å²) in [6.07, 6.45) is 0. The van der Waals surface area contributed by atoms with Crippen molar-refractivity contribution in [1.82, 2.24) is 5.32 Å². The predicted octanol–water partition coefficient (Wildman–Crippen LogP) is 2.24. The summed E-state index contributed by atoms with van der Waals surface area (Å²) >= 11 is 0. The summed E-state index contributed by atoms with van der Waals surface area (Å²) in [6.45, 7) is 8.27. The van der Waals surface area contributed by atoms with Crippen molar-refractivity contribution in [2.75, 3.05) is 13.2 Å². The first kappa shape index (κ1) is 12.1. The summed E-state index contributed by atoms with van der Waals surface area (Å²) in [7, 11) is 0. The van der Waals surface area contributed by atoms with Crippen molar-refractivity contribution in [3.05, 3.63) is 34.9 Å². The van der Waals surface area contributed by atoms with E-state index in [0.29, 0.717) is 6.61 Å². The van der Waals surface area contributed by atoms with E-state index in [1.54, 1.807) is 0 Å². The molecule has 92 valence electrons. The molecule has 0 fully saturated rings. The largest absolute Gasteiger partial charge is 0.462 e. The molecule has 3 heteroatoms. The number of carbonyl (C=O) groups excluding carboxylic acids is 1. The number of nitrogens with one attached hydrogen (secondary N) is 1. The van der Waals surface area contributed by atoms with Gasteiger partial charge in [-0.05, 0) is 24.1 Å². The van der Waals surface area contributed by atoms with Crippen LogP contribution < -0.4 is 5.32 Å². The maximum atomic E-state index is 12.0. The predicted molar refractivity (Wildman–Crippen MR) is 67.1 cm³/mol. The van der Waals surface area contributed by atoms with Gasteiger partial charge in [-0.15, -0.1) is 0 Å². The highest BCUT2D eigenvalue weighted by molar-refractivity contribution is 5.92. The van der Waals surface area contributed by atoms with E-state index < -0.39 is 0 Å². The monoisotopic (exact) mass is 233 g/mol. The van der Waals surface area contributed by atoms with Gasteiger partial charge in [-0.2, -0.15) is 0 Å². The summed E-state index contributed by atoms with van der Waals surface area (Å²) in [5, 5.41) is 3.38. The summed E-state index contributed by atoms with van der Waals surface area (Å²) in [6, 6.07) is 5.87. The molecule has 1 aliphatic rings. The average Bonchev–Trinajstić information content (AvgIpc) is 2.28. The third kappa shape index (κ3) is 2.20. The number of hydrogen-bond donors (Lipinski definition) is 1. The van der Waals surface area contributed by atoms with Gasteiger partial charge in [0.15, 0.2) is 0 Å². The number of hydrogen-bond acceptors (Lipinski definition) is 3. The molecule has 0 unspecified atom stereocenters. The number of carbonyl (C=O) groups is 1. The maximum Gasteiger partial charge on any atom is 0.338 e. The molecule has 1 heterocycles. The molecule has 0 aliphatic carbocycles. The maximum absolute atomic E-state index is 12.0. The Labute approximate surface area is 102 Å². The van der Waals surface area contributed by atoms with Gasteiger partial charge >= 0.3 is 5.97 Å². The van der Waals surface area contributed by atoms with E-state index in [0.717, 1.165) is 24.2 Å². The molecule has 0 spiro atoms. The molecular weight excluding hydrogens is 214 g/mol.